The minimum absolute atomic E-state index is 0.0319. The maximum Gasteiger partial charge on any atom is 0.211 e. The standard InChI is InChI=1S/C15H19N3.C8H5F2NO2.CH4O/c1-12-11-13-5-3-4-6-14(13)16-15(12)18-9-7-17(2)8-10-18;9-7-1-5(11-4-13)2-8(10)6(7)3-12;1-2/h3-6,11H,7-10H2,1-2H3;1-4H,(H,11,13);2H,1H3. The minimum Gasteiger partial charge on any atom is -0.400 e. The highest BCUT2D eigenvalue weighted by atomic mass is 19.1. The van der Waals surface area contributed by atoms with Crippen LogP contribution in [0.15, 0.2) is 42.5 Å². The molecule has 1 saturated heterocycles. The van der Waals surface area contributed by atoms with Gasteiger partial charge in [0.1, 0.15) is 17.5 Å². The number of piperazine rings is 1. The highest BCUT2D eigenvalue weighted by Crippen LogP contribution is 2.23. The number of likely N-dealkylation sites (N-methyl/N-ethyl adjacent to an activating group) is 1. The number of aliphatic hydroxyl groups excluding tert-OH is 1. The first-order valence-corrected chi connectivity index (χ1v) is 10.3. The van der Waals surface area contributed by atoms with Gasteiger partial charge >= 0.3 is 0 Å². The third-order valence-corrected chi connectivity index (χ3v) is 5.11. The Labute approximate surface area is 191 Å². The van der Waals surface area contributed by atoms with Crippen LogP contribution in [0.3, 0.4) is 0 Å². The molecule has 1 amide bonds. The molecular weight excluding hydrogens is 430 g/mol. The second kappa shape index (κ2) is 12.6. The molecule has 0 saturated carbocycles. The monoisotopic (exact) mass is 458 g/mol. The van der Waals surface area contributed by atoms with Crippen molar-refractivity contribution in [2.75, 3.05) is 50.6 Å². The third kappa shape index (κ3) is 6.77. The normalized spacial score (nSPS) is 13.3. The molecule has 2 N–H and O–H groups in total. The second-order valence-electron chi connectivity index (χ2n) is 7.35. The highest BCUT2D eigenvalue weighted by molar-refractivity contribution is 5.82. The zero-order valence-electron chi connectivity index (χ0n) is 18.9. The molecule has 0 unspecified atom stereocenters. The van der Waals surface area contributed by atoms with E-state index in [4.69, 9.17) is 10.1 Å². The fourth-order valence-electron chi connectivity index (χ4n) is 3.40. The fourth-order valence-corrected chi connectivity index (χ4v) is 3.40. The fraction of sp³-hybridized carbons (Fsp3) is 0.292. The number of hydrogen-bond donors (Lipinski definition) is 2. The van der Waals surface area contributed by atoms with E-state index in [0.29, 0.717) is 0 Å². The lowest BCUT2D eigenvalue weighted by atomic mass is 10.1. The molecule has 1 aromatic heterocycles. The van der Waals surface area contributed by atoms with Gasteiger partial charge < -0.3 is 20.2 Å². The largest absolute Gasteiger partial charge is 0.400 e. The maximum atomic E-state index is 12.8. The summed E-state index contributed by atoms with van der Waals surface area (Å²) in [7, 11) is 3.18. The number of aromatic nitrogens is 1. The first-order valence-electron chi connectivity index (χ1n) is 10.3. The van der Waals surface area contributed by atoms with E-state index in [1.54, 1.807) is 0 Å². The number of hydrogen-bond acceptors (Lipinski definition) is 6. The number of amides is 1. The minimum atomic E-state index is -1.00. The molecule has 4 rings (SSSR count). The summed E-state index contributed by atoms with van der Waals surface area (Å²) in [5.41, 5.74) is 1.70. The van der Waals surface area contributed by atoms with Gasteiger partial charge in [-0.2, -0.15) is 0 Å². The van der Waals surface area contributed by atoms with Crippen molar-refractivity contribution >= 4 is 35.1 Å². The summed E-state index contributed by atoms with van der Waals surface area (Å²) in [6.45, 7) is 6.54. The quantitative estimate of drug-likeness (QED) is 0.584. The lowest BCUT2D eigenvalue weighted by Gasteiger charge is -2.34. The molecule has 33 heavy (non-hydrogen) atoms. The summed E-state index contributed by atoms with van der Waals surface area (Å²) in [4.78, 5) is 29.7. The number of benzene rings is 2. The van der Waals surface area contributed by atoms with Gasteiger partial charge in [0, 0.05) is 44.4 Å². The Morgan fingerprint density at radius 1 is 1.00 bits per heavy atom. The number of nitrogens with zero attached hydrogens (tertiary/aromatic N) is 3. The van der Waals surface area contributed by atoms with Crippen molar-refractivity contribution in [3.63, 3.8) is 0 Å². The van der Waals surface area contributed by atoms with Crippen LogP contribution in [0, 0.1) is 18.6 Å². The van der Waals surface area contributed by atoms with Crippen molar-refractivity contribution in [3.8, 4) is 0 Å². The van der Waals surface area contributed by atoms with Crippen LogP contribution in [0.25, 0.3) is 10.9 Å². The van der Waals surface area contributed by atoms with E-state index in [1.807, 2.05) is 0 Å². The Balaban J connectivity index is 0.000000228. The number of pyridine rings is 1. The molecule has 0 bridgehead atoms. The van der Waals surface area contributed by atoms with Gasteiger partial charge in [0.05, 0.1) is 11.1 Å². The zero-order chi connectivity index (χ0) is 24.4. The van der Waals surface area contributed by atoms with E-state index in [1.165, 1.54) is 10.9 Å². The summed E-state index contributed by atoms with van der Waals surface area (Å²) in [5, 5.41) is 10.3. The number of aliphatic hydroxyl groups is 1. The molecule has 176 valence electrons. The van der Waals surface area contributed by atoms with Crippen LogP contribution < -0.4 is 10.2 Å². The number of carbonyl (C=O) groups is 2. The van der Waals surface area contributed by atoms with Gasteiger partial charge in [0.15, 0.2) is 6.29 Å². The van der Waals surface area contributed by atoms with Crippen molar-refractivity contribution in [1.29, 1.82) is 0 Å². The lowest BCUT2D eigenvalue weighted by molar-refractivity contribution is -0.105. The Morgan fingerprint density at radius 3 is 2.18 bits per heavy atom. The number of carbonyl (C=O) groups excluding carboxylic acids is 2. The second-order valence-corrected chi connectivity index (χ2v) is 7.35. The molecule has 0 aliphatic carbocycles. The van der Waals surface area contributed by atoms with Gasteiger partial charge in [0.25, 0.3) is 0 Å². The number of anilines is 2. The van der Waals surface area contributed by atoms with Gasteiger partial charge in [-0.1, -0.05) is 18.2 Å². The maximum absolute atomic E-state index is 12.8. The Hall–Kier alpha value is -3.43. The van der Waals surface area contributed by atoms with Crippen LogP contribution in [0.2, 0.25) is 0 Å². The predicted octanol–water partition coefficient (Wildman–Crippen LogP) is 3.25. The molecule has 0 spiro atoms. The number of rotatable bonds is 4. The summed E-state index contributed by atoms with van der Waals surface area (Å²) in [5.74, 6) is -0.847. The molecule has 0 radical (unpaired) electrons. The molecule has 2 heterocycles. The molecule has 2 aromatic carbocycles. The van der Waals surface area contributed by atoms with Crippen LogP contribution in [-0.2, 0) is 4.79 Å². The average molecular weight is 459 g/mol. The van der Waals surface area contributed by atoms with E-state index in [2.05, 4.69) is 59.4 Å². The van der Waals surface area contributed by atoms with Crippen molar-refractivity contribution in [3.05, 3.63) is 65.2 Å². The molecule has 1 fully saturated rings. The smallest absolute Gasteiger partial charge is 0.211 e. The predicted molar refractivity (Wildman–Crippen MR) is 126 cm³/mol. The van der Waals surface area contributed by atoms with Crippen molar-refractivity contribution in [2.24, 2.45) is 0 Å². The van der Waals surface area contributed by atoms with E-state index in [9.17, 15) is 18.4 Å². The van der Waals surface area contributed by atoms with E-state index < -0.39 is 17.2 Å². The highest BCUT2D eigenvalue weighted by Gasteiger charge is 2.17. The van der Waals surface area contributed by atoms with Gasteiger partial charge in [-0.15, -0.1) is 0 Å². The number of aldehydes is 1. The molecule has 3 aromatic rings. The molecule has 7 nitrogen and oxygen atoms in total. The van der Waals surface area contributed by atoms with Crippen molar-refractivity contribution in [1.82, 2.24) is 9.88 Å². The number of halogens is 2. The average Bonchev–Trinajstić information content (AvgIpc) is 2.81. The van der Waals surface area contributed by atoms with Crippen LogP contribution in [0.1, 0.15) is 15.9 Å². The number of nitrogens with one attached hydrogen (secondary N) is 1. The van der Waals surface area contributed by atoms with E-state index >= 15 is 0 Å². The van der Waals surface area contributed by atoms with Crippen LogP contribution in [-0.4, -0.2) is 68.0 Å². The van der Waals surface area contributed by atoms with Crippen molar-refractivity contribution in [2.45, 2.75) is 6.92 Å². The van der Waals surface area contributed by atoms with Gasteiger partial charge in [-0.25, -0.2) is 13.8 Å². The van der Waals surface area contributed by atoms with Crippen LogP contribution in [0.4, 0.5) is 20.3 Å². The van der Waals surface area contributed by atoms with E-state index in [-0.39, 0.29) is 18.4 Å². The third-order valence-electron chi connectivity index (χ3n) is 5.11. The SMILES string of the molecule is CO.Cc1cc2ccccc2nc1N1CCN(C)CC1.O=CNc1cc(F)c(C=O)c(F)c1. The zero-order valence-corrected chi connectivity index (χ0v) is 18.9. The van der Waals surface area contributed by atoms with Gasteiger partial charge in [-0.05, 0) is 43.8 Å². The number of aryl methyl sites for hydroxylation is 1. The summed E-state index contributed by atoms with van der Waals surface area (Å²) < 4.78 is 25.6. The van der Waals surface area contributed by atoms with Gasteiger partial charge in [0.2, 0.25) is 6.41 Å². The van der Waals surface area contributed by atoms with Crippen molar-refractivity contribution < 1.29 is 23.5 Å². The number of fused-ring (bicyclic) bond motifs is 1. The lowest BCUT2D eigenvalue weighted by Crippen LogP contribution is -2.45. The Kier molecular flexibility index (Phi) is 9.84. The molecule has 1 aliphatic rings. The van der Waals surface area contributed by atoms with E-state index in [0.717, 1.165) is 56.8 Å². The number of para-hydroxylation sites is 1. The van der Waals surface area contributed by atoms with Crippen LogP contribution >= 0.6 is 0 Å². The Morgan fingerprint density at radius 2 is 1.61 bits per heavy atom. The molecular formula is C24H28F2N4O3. The summed E-state index contributed by atoms with van der Waals surface area (Å²) in [6.07, 6.45) is 0.365. The first-order chi connectivity index (χ1) is 15.9. The van der Waals surface area contributed by atoms with Gasteiger partial charge in [-0.3, -0.25) is 9.59 Å². The summed E-state index contributed by atoms with van der Waals surface area (Å²) in [6, 6.07) is 12.3. The summed E-state index contributed by atoms with van der Waals surface area (Å²) >= 11 is 0. The topological polar surface area (TPSA) is 85.8 Å². The van der Waals surface area contributed by atoms with Crippen LogP contribution in [0.5, 0.6) is 0 Å². The molecule has 0 atom stereocenters. The molecule has 9 heteroatoms. The Bertz CT molecular complexity index is 1060. The molecule has 1 aliphatic heterocycles. The first kappa shape index (κ1) is 25.8.